The molecule has 3 saturated heterocycles. The largest absolute Gasteiger partial charge is 0.444 e. The molecule has 11 heterocycles. The van der Waals surface area contributed by atoms with Crippen LogP contribution in [0.4, 0.5) is 20.1 Å². The van der Waals surface area contributed by atoms with Crippen LogP contribution in [0.1, 0.15) is 132 Å². The van der Waals surface area contributed by atoms with Crippen molar-refractivity contribution in [2.24, 2.45) is 7.05 Å². The number of aryl methyl sites for hydroxylation is 1. The van der Waals surface area contributed by atoms with E-state index in [0.717, 1.165) is 76.2 Å². The van der Waals surface area contributed by atoms with Crippen LogP contribution in [0.15, 0.2) is 79.8 Å². The van der Waals surface area contributed by atoms with E-state index in [9.17, 15) is 19.2 Å². The summed E-state index contributed by atoms with van der Waals surface area (Å²) in [5, 5.41) is 10.2. The Bertz CT molecular complexity index is 3540. The Kier molecular flexibility index (Phi) is 21.8. The molecule has 0 saturated carbocycles. The molecule has 490 valence electrons. The third-order valence-electron chi connectivity index (χ3n) is 15.1. The van der Waals surface area contributed by atoms with Gasteiger partial charge >= 0.3 is 18.3 Å². The lowest BCUT2D eigenvalue weighted by Gasteiger charge is -2.29. The number of halogens is 3. The fourth-order valence-electron chi connectivity index (χ4n) is 10.8. The number of carbonyl (C=O) groups is 4. The normalized spacial score (nSPS) is 20.1. The van der Waals surface area contributed by atoms with Crippen molar-refractivity contribution in [2.75, 3.05) is 63.9 Å². The quantitative estimate of drug-likeness (QED) is 0.119. The highest BCUT2D eigenvalue weighted by Crippen LogP contribution is 2.39. The van der Waals surface area contributed by atoms with Crippen molar-refractivity contribution in [3.05, 3.63) is 112 Å². The zero-order valence-electron chi connectivity index (χ0n) is 54.1. The molecule has 4 amide bonds. The number of aromatic nitrogens is 7. The van der Waals surface area contributed by atoms with Gasteiger partial charge in [0, 0.05) is 100.0 Å². The Balaban J connectivity index is 0.000000163. The smallest absolute Gasteiger partial charge is 0.410 e. The number of ether oxygens (including phenoxy) is 7. The van der Waals surface area contributed by atoms with Gasteiger partial charge in [0.05, 0.1) is 76.1 Å². The van der Waals surface area contributed by atoms with Gasteiger partial charge in [-0.25, -0.2) is 14.4 Å². The van der Waals surface area contributed by atoms with Crippen LogP contribution in [0, 0.1) is 0 Å². The molecule has 25 heteroatoms. The van der Waals surface area contributed by atoms with Gasteiger partial charge in [-0.05, 0) is 150 Å². The van der Waals surface area contributed by atoms with E-state index in [1.807, 2.05) is 129 Å². The van der Waals surface area contributed by atoms with Crippen LogP contribution < -0.4 is 4.90 Å². The summed E-state index contributed by atoms with van der Waals surface area (Å²) in [5.41, 5.74) is 8.08. The molecular formula is C66H84Cl3N11O11. The van der Waals surface area contributed by atoms with Gasteiger partial charge in [0.1, 0.15) is 22.9 Å². The molecule has 6 aliphatic rings. The predicted molar refractivity (Wildman–Crippen MR) is 348 cm³/mol. The van der Waals surface area contributed by atoms with Gasteiger partial charge in [-0.1, -0.05) is 53.0 Å². The Morgan fingerprint density at radius 1 is 0.615 bits per heavy atom. The highest BCUT2D eigenvalue weighted by molar-refractivity contribution is 6.33. The lowest BCUT2D eigenvalue weighted by atomic mass is 10.0. The Morgan fingerprint density at radius 3 is 1.49 bits per heavy atom. The predicted octanol–water partition coefficient (Wildman–Crippen LogP) is 13.0. The molecule has 11 rings (SSSR count). The van der Waals surface area contributed by atoms with Crippen LogP contribution in [-0.2, 0) is 51.5 Å². The third kappa shape index (κ3) is 18.7. The number of anilines is 1. The average molecular weight is 1310 g/mol. The Labute approximate surface area is 547 Å². The second kappa shape index (κ2) is 28.9. The van der Waals surface area contributed by atoms with Crippen LogP contribution >= 0.6 is 34.8 Å². The molecule has 1 unspecified atom stereocenters. The second-order valence-electron chi connectivity index (χ2n) is 26.5. The molecular weight excluding hydrogens is 1230 g/mol. The summed E-state index contributed by atoms with van der Waals surface area (Å²) >= 11 is 19.6. The van der Waals surface area contributed by atoms with E-state index in [0.29, 0.717) is 105 Å². The Morgan fingerprint density at radius 2 is 1.09 bits per heavy atom. The molecule has 91 heavy (non-hydrogen) atoms. The highest BCUT2D eigenvalue weighted by Gasteiger charge is 2.52. The summed E-state index contributed by atoms with van der Waals surface area (Å²) in [6, 6.07) is 5.57. The average Bonchev–Trinajstić information content (AvgIpc) is 1.65. The monoisotopic (exact) mass is 1310 g/mol. The van der Waals surface area contributed by atoms with Gasteiger partial charge in [-0.2, -0.15) is 10.2 Å². The van der Waals surface area contributed by atoms with Gasteiger partial charge < -0.3 is 52.8 Å². The molecule has 0 aromatic carbocycles. The SMILES string of the molecule is CC(C)(C)OC(=O)N1CC=C(c2ncc(-c3cnn(CCOC4CCCCO4)c3)cc2Cl)CC1.CC(C)(C)OC(=O)N1CC=C(c2ncc(N3C[C@H]4OC(C)(C)O[C@H]4C3=O)cc2Cl)CC1.Cn1cc(-c2cnc(C3=CCN(C(=O)OC(C)(C)C)CC3)c(Cl)c2)cn1. The first-order chi connectivity index (χ1) is 42.9. The van der Waals surface area contributed by atoms with E-state index >= 15 is 0 Å². The molecule has 0 aliphatic carbocycles. The van der Waals surface area contributed by atoms with Crippen molar-refractivity contribution >= 4 is 81.4 Å². The van der Waals surface area contributed by atoms with Gasteiger partial charge in [0.25, 0.3) is 5.91 Å². The summed E-state index contributed by atoms with van der Waals surface area (Å²) in [4.78, 5) is 69.8. The molecule has 6 aliphatic heterocycles. The number of hydrogen-bond donors (Lipinski definition) is 0. The van der Waals surface area contributed by atoms with E-state index in [1.54, 1.807) is 62.8 Å². The first-order valence-corrected chi connectivity index (χ1v) is 32.0. The summed E-state index contributed by atoms with van der Waals surface area (Å²) in [7, 11) is 1.87. The molecule has 3 atom stereocenters. The molecule has 0 spiro atoms. The minimum atomic E-state index is -0.753. The number of carbonyl (C=O) groups excluding carboxylic acids is 4. The maximum Gasteiger partial charge on any atom is 0.410 e. The van der Waals surface area contributed by atoms with Crippen LogP contribution in [0.3, 0.4) is 0 Å². The van der Waals surface area contributed by atoms with Gasteiger partial charge in [-0.15, -0.1) is 0 Å². The standard InChI is InChI=1S/C25H33ClN4O4.C22H28ClN3O5.C19H23ClN4O2/c1-25(2,3)34-24(31)29-9-7-18(8-10-29)23-21(26)14-19(15-27-23)20-16-28-30(17-20)11-13-33-22-6-4-5-12-32-22;1-21(2,3)31-20(28)25-8-6-13(7-9-25)17-15(23)10-14(11-24-17)26-12-16-18(19(26)27)30-22(4,5)29-16;1-19(2,3)26-18(25)24-7-5-13(6-8-24)17-16(20)9-14(10-21-17)15-11-22-23(4)12-15/h7,14-17,22H,4-6,8-13H2,1-3H3;6,10-11,16,18H,7-9,12H2,1-5H3;5,9-12H,6-8H2,1-4H3/t;16-,18-;/m.1./s1. The van der Waals surface area contributed by atoms with Crippen LogP contribution in [-0.4, -0.2) is 174 Å². The van der Waals surface area contributed by atoms with Crippen LogP contribution in [0.25, 0.3) is 39.0 Å². The molecule has 3 fully saturated rings. The zero-order chi connectivity index (χ0) is 65.6. The minimum Gasteiger partial charge on any atom is -0.444 e. The number of hydrogen-bond acceptors (Lipinski definition) is 16. The lowest BCUT2D eigenvalue weighted by Crippen LogP contribution is -2.39. The number of fused-ring (bicyclic) bond motifs is 1. The van der Waals surface area contributed by atoms with Crippen LogP contribution in [0.2, 0.25) is 15.1 Å². The molecule has 0 N–H and O–H groups in total. The number of nitrogens with zero attached hydrogens (tertiary/aromatic N) is 11. The fourth-order valence-corrected chi connectivity index (χ4v) is 11.6. The minimum absolute atomic E-state index is 0.0929. The first-order valence-electron chi connectivity index (χ1n) is 30.9. The van der Waals surface area contributed by atoms with Crippen LogP contribution in [0.5, 0.6) is 0 Å². The summed E-state index contributed by atoms with van der Waals surface area (Å²) < 4.78 is 42.8. The van der Waals surface area contributed by atoms with E-state index in [1.165, 1.54) is 0 Å². The second-order valence-corrected chi connectivity index (χ2v) is 27.7. The van der Waals surface area contributed by atoms with Crippen molar-refractivity contribution in [1.29, 1.82) is 0 Å². The summed E-state index contributed by atoms with van der Waals surface area (Å²) in [5.74, 6) is -0.900. The van der Waals surface area contributed by atoms with Gasteiger partial charge in [-0.3, -0.25) is 29.1 Å². The van der Waals surface area contributed by atoms with E-state index < -0.39 is 28.7 Å². The van der Waals surface area contributed by atoms with Gasteiger partial charge in [0.2, 0.25) is 0 Å². The number of pyridine rings is 3. The highest BCUT2D eigenvalue weighted by atomic mass is 35.5. The zero-order valence-corrected chi connectivity index (χ0v) is 56.4. The molecule has 0 bridgehead atoms. The summed E-state index contributed by atoms with van der Waals surface area (Å²) in [6.07, 6.45) is 22.0. The van der Waals surface area contributed by atoms with Crippen molar-refractivity contribution in [1.82, 2.24) is 49.2 Å². The maximum absolute atomic E-state index is 12.8. The number of rotatable bonds is 10. The topological polar surface area (TPSA) is 220 Å². The maximum atomic E-state index is 12.8. The molecule has 22 nitrogen and oxygen atoms in total. The Hall–Kier alpha value is -6.92. The lowest BCUT2D eigenvalue weighted by molar-refractivity contribution is -0.163. The van der Waals surface area contributed by atoms with Crippen molar-refractivity contribution in [3.63, 3.8) is 0 Å². The van der Waals surface area contributed by atoms with Crippen molar-refractivity contribution in [3.8, 4) is 22.3 Å². The molecule has 5 aromatic heterocycles. The van der Waals surface area contributed by atoms with E-state index in [2.05, 4.69) is 25.1 Å². The fraction of sp³-hybridized carbons (Fsp3) is 0.530. The molecule has 5 aromatic rings. The van der Waals surface area contributed by atoms with E-state index in [-0.39, 0.29) is 36.6 Å². The van der Waals surface area contributed by atoms with Crippen molar-refractivity contribution in [2.45, 2.75) is 162 Å². The number of amides is 4. The third-order valence-corrected chi connectivity index (χ3v) is 16.0. The first kappa shape index (κ1) is 68.4. The van der Waals surface area contributed by atoms with E-state index in [4.69, 9.17) is 68.0 Å². The van der Waals surface area contributed by atoms with Gasteiger partial charge in [0.15, 0.2) is 18.2 Å². The summed E-state index contributed by atoms with van der Waals surface area (Å²) in [6.45, 7) is 25.8. The van der Waals surface area contributed by atoms with Crippen molar-refractivity contribution < 1.29 is 52.3 Å². The molecule has 0 radical (unpaired) electrons.